The maximum absolute atomic E-state index is 10.1. The Morgan fingerprint density at radius 1 is 0.867 bits per heavy atom. The van der Waals surface area contributed by atoms with E-state index in [1.807, 2.05) is 0 Å². The summed E-state index contributed by atoms with van der Waals surface area (Å²) in [5.74, 6) is 0. The minimum absolute atomic E-state index is 0.0286. The van der Waals surface area contributed by atoms with Crippen LogP contribution >= 0.6 is 0 Å². The molecule has 0 N–H and O–H groups in total. The van der Waals surface area contributed by atoms with Crippen LogP contribution in [0.5, 0.6) is 0 Å². The van der Waals surface area contributed by atoms with Gasteiger partial charge in [0.1, 0.15) is 0 Å². The Kier molecular flexibility index (Phi) is 9.04. The van der Waals surface area contributed by atoms with Crippen LogP contribution in [0.4, 0.5) is 0 Å². The van der Waals surface area contributed by atoms with Crippen LogP contribution in [0.25, 0.3) is 0 Å². The molecule has 0 amide bonds. The molecule has 0 aromatic rings. The van der Waals surface area contributed by atoms with Crippen LogP contribution < -0.4 is 0 Å². The molecule has 5 heteroatoms. The molecule has 0 fully saturated rings. The molecule has 1 radical (unpaired) electrons. The third-order valence-corrected chi connectivity index (χ3v) is 2.68. The van der Waals surface area contributed by atoms with Crippen molar-refractivity contribution in [1.29, 1.82) is 0 Å². The van der Waals surface area contributed by atoms with E-state index in [1.54, 1.807) is 0 Å². The van der Waals surface area contributed by atoms with Crippen molar-refractivity contribution in [2.45, 2.75) is 58.3 Å². The van der Waals surface area contributed by atoms with Crippen molar-refractivity contribution in [2.24, 2.45) is 0 Å². The van der Waals surface area contributed by atoms with Gasteiger partial charge in [0.15, 0.2) is 0 Å². The Morgan fingerprint density at radius 2 is 1.33 bits per heavy atom. The molecule has 91 valence electrons. The van der Waals surface area contributed by atoms with Crippen LogP contribution in [0.2, 0.25) is 0 Å². The van der Waals surface area contributed by atoms with Crippen molar-refractivity contribution in [1.82, 2.24) is 0 Å². The lowest BCUT2D eigenvalue weighted by molar-refractivity contribution is 0.238. The molecule has 0 atom stereocenters. The predicted molar refractivity (Wildman–Crippen MR) is 58.2 cm³/mol. The summed E-state index contributed by atoms with van der Waals surface area (Å²) in [7, 11) is -4.48. The molecule has 0 unspecified atom stereocenters. The van der Waals surface area contributed by atoms with E-state index in [9.17, 15) is 13.0 Å². The summed E-state index contributed by atoms with van der Waals surface area (Å²) in [6, 6.07) is 0. The number of hydrogen-bond acceptors (Lipinski definition) is 3. The SMILES string of the molecule is CCCCCCCCCCOS([O])(=O)=O. The Bertz CT molecular complexity index is 224. The maximum atomic E-state index is 10.1. The molecule has 0 rings (SSSR count). The van der Waals surface area contributed by atoms with Gasteiger partial charge in [-0.2, -0.15) is 8.42 Å². The molecule has 0 saturated carbocycles. The minimum Gasteiger partial charge on any atom is -0.246 e. The van der Waals surface area contributed by atoms with E-state index in [0.717, 1.165) is 12.8 Å². The molecule has 0 aliphatic heterocycles. The van der Waals surface area contributed by atoms with Crippen LogP contribution in [0.15, 0.2) is 0 Å². The molecule has 0 spiro atoms. The topological polar surface area (TPSA) is 63.3 Å². The lowest BCUT2D eigenvalue weighted by Crippen LogP contribution is -2.03. The third-order valence-electron chi connectivity index (χ3n) is 2.23. The molecule has 15 heavy (non-hydrogen) atoms. The monoisotopic (exact) mass is 237 g/mol. The zero-order chi connectivity index (χ0) is 11.6. The molecule has 0 aliphatic carbocycles. The highest BCUT2D eigenvalue weighted by atomic mass is 32.3. The average Bonchev–Trinajstić information content (AvgIpc) is 2.14. The van der Waals surface area contributed by atoms with E-state index in [4.69, 9.17) is 0 Å². The van der Waals surface area contributed by atoms with Gasteiger partial charge in [0, 0.05) is 0 Å². The van der Waals surface area contributed by atoms with Gasteiger partial charge in [-0.15, -0.1) is 0 Å². The predicted octanol–water partition coefficient (Wildman–Crippen LogP) is 2.82. The molecule has 4 nitrogen and oxygen atoms in total. The quantitative estimate of drug-likeness (QED) is 0.549. The maximum Gasteiger partial charge on any atom is 0.427 e. The first kappa shape index (κ1) is 14.9. The average molecular weight is 237 g/mol. The van der Waals surface area contributed by atoms with Gasteiger partial charge in [0.25, 0.3) is 0 Å². The van der Waals surface area contributed by atoms with Crippen molar-refractivity contribution in [3.05, 3.63) is 0 Å². The minimum atomic E-state index is -4.48. The Balaban J connectivity index is 3.06. The molecule has 0 aliphatic rings. The van der Waals surface area contributed by atoms with Gasteiger partial charge in [0.2, 0.25) is 0 Å². The molecule has 0 saturated heterocycles. The summed E-state index contributed by atoms with van der Waals surface area (Å²) in [5.41, 5.74) is 0. The zero-order valence-electron chi connectivity index (χ0n) is 9.41. The first-order valence-corrected chi connectivity index (χ1v) is 7.00. The molecule has 0 heterocycles. The summed E-state index contributed by atoms with van der Waals surface area (Å²) < 4.78 is 34.3. The van der Waals surface area contributed by atoms with Gasteiger partial charge < -0.3 is 0 Å². The highest BCUT2D eigenvalue weighted by Gasteiger charge is 2.04. The summed E-state index contributed by atoms with van der Waals surface area (Å²) in [5, 5.41) is 0. The molecular weight excluding hydrogens is 216 g/mol. The fourth-order valence-corrected chi connectivity index (χ4v) is 1.72. The first-order chi connectivity index (χ1) is 7.06. The van der Waals surface area contributed by atoms with Crippen LogP contribution in [0.3, 0.4) is 0 Å². The second-order valence-electron chi connectivity index (χ2n) is 3.71. The highest BCUT2D eigenvalue weighted by Crippen LogP contribution is 2.08. The second-order valence-corrected chi connectivity index (χ2v) is 4.76. The third kappa shape index (κ3) is 13.9. The van der Waals surface area contributed by atoms with E-state index < -0.39 is 10.4 Å². The van der Waals surface area contributed by atoms with Crippen molar-refractivity contribution in [2.75, 3.05) is 6.61 Å². The number of unbranched alkanes of at least 4 members (excludes halogenated alkanes) is 7. The highest BCUT2D eigenvalue weighted by molar-refractivity contribution is 7.80. The fourth-order valence-electron chi connectivity index (χ4n) is 1.40. The normalized spacial score (nSPS) is 11.9. The van der Waals surface area contributed by atoms with E-state index in [1.165, 1.54) is 32.1 Å². The second kappa shape index (κ2) is 9.12. The summed E-state index contributed by atoms with van der Waals surface area (Å²) in [4.78, 5) is 0. The van der Waals surface area contributed by atoms with Crippen LogP contribution in [0, 0.1) is 0 Å². The smallest absolute Gasteiger partial charge is 0.246 e. The van der Waals surface area contributed by atoms with Gasteiger partial charge in [-0.3, -0.25) is 0 Å². The van der Waals surface area contributed by atoms with Crippen molar-refractivity contribution in [3.8, 4) is 0 Å². The van der Waals surface area contributed by atoms with Gasteiger partial charge >= 0.3 is 10.4 Å². The summed E-state index contributed by atoms with van der Waals surface area (Å²) in [6.45, 7) is 2.21. The van der Waals surface area contributed by atoms with Crippen LogP contribution in [-0.2, 0) is 19.1 Å². The molecular formula is C10H21O4S. The number of rotatable bonds is 10. The molecule has 0 aromatic heterocycles. The number of hydrogen-bond donors (Lipinski definition) is 0. The van der Waals surface area contributed by atoms with Gasteiger partial charge in [-0.1, -0.05) is 56.4 Å². The van der Waals surface area contributed by atoms with E-state index in [0.29, 0.717) is 6.42 Å². The lowest BCUT2D eigenvalue weighted by Gasteiger charge is -2.00. The molecule has 0 bridgehead atoms. The van der Waals surface area contributed by atoms with Crippen LogP contribution in [-0.4, -0.2) is 15.0 Å². The fraction of sp³-hybridized carbons (Fsp3) is 1.00. The Labute approximate surface area is 93.0 Å². The first-order valence-electron chi connectivity index (χ1n) is 5.66. The zero-order valence-corrected chi connectivity index (χ0v) is 10.2. The standard InChI is InChI=1S/C10H21O4S/c1-2-3-4-5-6-7-8-9-10-14-15(11,12)13/h2-10H2,1H3. The summed E-state index contributed by atoms with van der Waals surface area (Å²) in [6.07, 6.45) is 8.91. The van der Waals surface area contributed by atoms with Gasteiger partial charge in [-0.25, -0.2) is 4.18 Å². The van der Waals surface area contributed by atoms with Crippen molar-refractivity contribution < 1.29 is 17.2 Å². The van der Waals surface area contributed by atoms with Crippen molar-refractivity contribution in [3.63, 3.8) is 0 Å². The van der Waals surface area contributed by atoms with E-state index in [2.05, 4.69) is 11.1 Å². The Morgan fingerprint density at radius 3 is 1.80 bits per heavy atom. The Hall–Kier alpha value is -0.130. The van der Waals surface area contributed by atoms with Gasteiger partial charge in [-0.05, 0) is 6.42 Å². The lowest BCUT2D eigenvalue weighted by atomic mass is 10.1. The summed E-state index contributed by atoms with van der Waals surface area (Å²) >= 11 is 0. The van der Waals surface area contributed by atoms with E-state index in [-0.39, 0.29) is 6.61 Å². The van der Waals surface area contributed by atoms with Crippen LogP contribution in [0.1, 0.15) is 58.3 Å². The van der Waals surface area contributed by atoms with E-state index >= 15 is 0 Å². The molecule has 0 aromatic carbocycles. The van der Waals surface area contributed by atoms with Crippen molar-refractivity contribution >= 4 is 10.4 Å². The van der Waals surface area contributed by atoms with Gasteiger partial charge in [0.05, 0.1) is 6.61 Å². The largest absolute Gasteiger partial charge is 0.427 e.